The number of carbonyl (C=O) groups is 3. The van der Waals surface area contributed by atoms with Crippen molar-refractivity contribution >= 4 is 18.3 Å². The normalized spacial score (nSPS) is 21.1. The number of hydrogen-bond donors (Lipinski definition) is 3. The van der Waals surface area contributed by atoms with E-state index in [4.69, 9.17) is 9.90 Å². The fraction of sp³-hybridized carbons (Fsp3) is 0.368. The number of piperidine rings is 1. The summed E-state index contributed by atoms with van der Waals surface area (Å²) in [6.07, 6.45) is 1.96. The minimum atomic E-state index is -1.55. The quantitative estimate of drug-likeness (QED) is 0.638. The topological polar surface area (TPSA) is 133 Å². The van der Waals surface area contributed by atoms with Crippen molar-refractivity contribution in [2.45, 2.75) is 18.9 Å². The summed E-state index contributed by atoms with van der Waals surface area (Å²) in [7, 11) is 1.68. The molecule has 1 fully saturated rings. The first kappa shape index (κ1) is 22.0. The Bertz CT molecular complexity index is 869. The summed E-state index contributed by atoms with van der Waals surface area (Å²) in [5.41, 5.74) is -0.616. The Morgan fingerprint density at radius 1 is 1.34 bits per heavy atom. The lowest BCUT2D eigenvalue weighted by Gasteiger charge is -2.43. The number of aromatic nitrogens is 2. The van der Waals surface area contributed by atoms with Crippen molar-refractivity contribution in [1.29, 1.82) is 0 Å². The van der Waals surface area contributed by atoms with E-state index in [1.54, 1.807) is 11.6 Å². The Morgan fingerprint density at radius 2 is 1.97 bits per heavy atom. The van der Waals surface area contributed by atoms with Gasteiger partial charge in [0.2, 0.25) is 0 Å². The molecular formula is C19H22FN3O6. The van der Waals surface area contributed by atoms with Crippen molar-refractivity contribution in [3.8, 4) is 0 Å². The highest BCUT2D eigenvalue weighted by Crippen LogP contribution is 2.35. The maximum atomic E-state index is 13.1. The standard InChI is InChI=1S/C18H20FN3O4.CH2O2/c1-21-11-20-9-14(21)16(24)22-7-6-15(23)18(10-22,17(25)26)8-12-2-4-13(19)5-3-12;2-1-3/h2-5,9,11,15,23H,6-8,10H2,1H3,(H,25,26);1H,(H,2,3)/t15-,18+;/m0./s1. The third-order valence-electron chi connectivity index (χ3n) is 4.97. The molecule has 0 spiro atoms. The van der Waals surface area contributed by atoms with Gasteiger partial charge in [-0.3, -0.25) is 14.4 Å². The van der Waals surface area contributed by atoms with Crippen molar-refractivity contribution in [3.05, 3.63) is 53.9 Å². The summed E-state index contributed by atoms with van der Waals surface area (Å²) in [6.45, 7) is -0.130. The average Bonchev–Trinajstić information content (AvgIpc) is 3.11. The fourth-order valence-corrected chi connectivity index (χ4v) is 3.40. The number of aliphatic hydroxyl groups is 1. The third-order valence-corrected chi connectivity index (χ3v) is 4.97. The largest absolute Gasteiger partial charge is 0.483 e. The molecule has 2 heterocycles. The number of carboxylic acids is 1. The summed E-state index contributed by atoms with van der Waals surface area (Å²) in [6, 6.07) is 5.49. The van der Waals surface area contributed by atoms with Crippen LogP contribution in [0.2, 0.25) is 0 Å². The van der Waals surface area contributed by atoms with Crippen molar-refractivity contribution in [1.82, 2.24) is 14.5 Å². The molecule has 3 N–H and O–H groups in total. The number of aliphatic carboxylic acids is 1. The van der Waals surface area contributed by atoms with Crippen LogP contribution in [0.4, 0.5) is 4.39 Å². The Balaban J connectivity index is 0.000000941. The second-order valence-corrected chi connectivity index (χ2v) is 6.79. The first-order valence-electron chi connectivity index (χ1n) is 8.74. The van der Waals surface area contributed by atoms with Crippen molar-refractivity contribution < 1.29 is 34.1 Å². The van der Waals surface area contributed by atoms with Crippen LogP contribution in [-0.2, 0) is 23.1 Å². The van der Waals surface area contributed by atoms with Gasteiger partial charge in [-0.05, 0) is 30.5 Å². The van der Waals surface area contributed by atoms with E-state index in [0.717, 1.165) is 0 Å². The number of likely N-dealkylation sites (tertiary alicyclic amines) is 1. The summed E-state index contributed by atoms with van der Waals surface area (Å²) < 4.78 is 14.7. The fourth-order valence-electron chi connectivity index (χ4n) is 3.40. The first-order chi connectivity index (χ1) is 13.7. The zero-order valence-corrected chi connectivity index (χ0v) is 15.7. The number of imidazole rings is 1. The van der Waals surface area contributed by atoms with Crippen LogP contribution in [-0.4, -0.2) is 67.3 Å². The van der Waals surface area contributed by atoms with Crippen LogP contribution in [0.15, 0.2) is 36.8 Å². The summed E-state index contributed by atoms with van der Waals surface area (Å²) in [4.78, 5) is 38.5. The molecule has 0 aliphatic carbocycles. The van der Waals surface area contributed by atoms with Crippen molar-refractivity contribution in [3.63, 3.8) is 0 Å². The molecule has 0 radical (unpaired) electrons. The van der Waals surface area contributed by atoms with Crippen molar-refractivity contribution in [2.24, 2.45) is 12.5 Å². The van der Waals surface area contributed by atoms with E-state index in [1.807, 2.05) is 0 Å². The SMILES string of the molecule is Cn1cncc1C(=O)N1CC[C@H](O)[C@](Cc2ccc(F)cc2)(C(=O)O)C1.O=CO. The number of hydrogen-bond acceptors (Lipinski definition) is 5. The molecule has 10 heteroatoms. The molecule has 0 saturated carbocycles. The lowest BCUT2D eigenvalue weighted by Crippen LogP contribution is -2.58. The molecule has 2 aromatic rings. The van der Waals surface area contributed by atoms with Gasteiger partial charge < -0.3 is 24.8 Å². The van der Waals surface area contributed by atoms with E-state index in [9.17, 15) is 24.2 Å². The lowest BCUT2D eigenvalue weighted by molar-refractivity contribution is -0.161. The van der Waals surface area contributed by atoms with Crippen LogP contribution < -0.4 is 0 Å². The van der Waals surface area contributed by atoms with E-state index in [2.05, 4.69) is 4.98 Å². The second kappa shape index (κ2) is 9.28. The number of benzene rings is 1. The van der Waals surface area contributed by atoms with Gasteiger partial charge in [0.15, 0.2) is 0 Å². The molecule has 1 aromatic heterocycles. The number of halogens is 1. The Labute approximate surface area is 166 Å². The van der Waals surface area contributed by atoms with Crippen LogP contribution >= 0.6 is 0 Å². The number of rotatable bonds is 4. The van der Waals surface area contributed by atoms with Crippen LogP contribution in [0.25, 0.3) is 0 Å². The number of aryl methyl sites for hydroxylation is 1. The Morgan fingerprint density at radius 3 is 2.48 bits per heavy atom. The average molecular weight is 407 g/mol. The van der Waals surface area contributed by atoms with Gasteiger partial charge in [-0.25, -0.2) is 9.37 Å². The molecule has 156 valence electrons. The van der Waals surface area contributed by atoms with Gasteiger partial charge in [0.1, 0.15) is 16.9 Å². The van der Waals surface area contributed by atoms with E-state index in [-0.39, 0.29) is 38.3 Å². The van der Waals surface area contributed by atoms with Gasteiger partial charge in [0, 0.05) is 20.1 Å². The molecule has 1 aliphatic rings. The van der Waals surface area contributed by atoms with Gasteiger partial charge in [-0.1, -0.05) is 12.1 Å². The van der Waals surface area contributed by atoms with Crippen molar-refractivity contribution in [2.75, 3.05) is 13.1 Å². The lowest BCUT2D eigenvalue weighted by atomic mass is 9.72. The van der Waals surface area contributed by atoms with Gasteiger partial charge in [-0.15, -0.1) is 0 Å². The predicted molar refractivity (Wildman–Crippen MR) is 98.6 cm³/mol. The maximum absolute atomic E-state index is 13.1. The molecule has 1 amide bonds. The molecule has 0 bridgehead atoms. The monoisotopic (exact) mass is 407 g/mol. The predicted octanol–water partition coefficient (Wildman–Crippen LogP) is 0.781. The highest BCUT2D eigenvalue weighted by Gasteiger charge is 2.50. The zero-order chi connectivity index (χ0) is 21.6. The Hall–Kier alpha value is -3.27. The van der Waals surface area contributed by atoms with Gasteiger partial charge in [0.05, 0.1) is 18.6 Å². The van der Waals surface area contributed by atoms with Gasteiger partial charge in [0.25, 0.3) is 12.4 Å². The van der Waals surface area contributed by atoms with E-state index in [0.29, 0.717) is 11.3 Å². The van der Waals surface area contributed by atoms with E-state index >= 15 is 0 Å². The molecule has 1 saturated heterocycles. The first-order valence-corrected chi connectivity index (χ1v) is 8.74. The highest BCUT2D eigenvalue weighted by atomic mass is 19.1. The molecule has 9 nitrogen and oxygen atoms in total. The third kappa shape index (κ3) is 4.77. The van der Waals surface area contributed by atoms with Gasteiger partial charge in [-0.2, -0.15) is 0 Å². The molecule has 2 atom stereocenters. The van der Waals surface area contributed by atoms with Gasteiger partial charge >= 0.3 is 5.97 Å². The minimum Gasteiger partial charge on any atom is -0.483 e. The van der Waals surface area contributed by atoms with Crippen LogP contribution in [0, 0.1) is 11.2 Å². The number of carbonyl (C=O) groups excluding carboxylic acids is 1. The zero-order valence-electron chi connectivity index (χ0n) is 15.7. The summed E-state index contributed by atoms with van der Waals surface area (Å²) >= 11 is 0. The minimum absolute atomic E-state index is 0.00104. The smallest absolute Gasteiger partial charge is 0.314 e. The number of carboxylic acid groups (broad SMARTS) is 2. The maximum Gasteiger partial charge on any atom is 0.314 e. The molecule has 1 aliphatic heterocycles. The summed E-state index contributed by atoms with van der Waals surface area (Å²) in [5, 5.41) is 27.2. The summed E-state index contributed by atoms with van der Waals surface area (Å²) in [5.74, 6) is -1.94. The number of amides is 1. The molecule has 1 aromatic carbocycles. The molecular weight excluding hydrogens is 385 g/mol. The highest BCUT2D eigenvalue weighted by molar-refractivity contribution is 5.93. The number of aliphatic hydroxyl groups excluding tert-OH is 1. The van der Waals surface area contributed by atoms with Crippen LogP contribution in [0.1, 0.15) is 22.5 Å². The van der Waals surface area contributed by atoms with Crippen LogP contribution in [0.5, 0.6) is 0 Å². The van der Waals surface area contributed by atoms with E-state index in [1.165, 1.54) is 41.7 Å². The number of nitrogens with zero attached hydrogens (tertiary/aromatic N) is 3. The van der Waals surface area contributed by atoms with E-state index < -0.39 is 23.3 Å². The molecule has 0 unspecified atom stereocenters. The molecule has 29 heavy (non-hydrogen) atoms. The molecule has 3 rings (SSSR count). The Kier molecular flexibility index (Phi) is 7.05. The second-order valence-electron chi connectivity index (χ2n) is 6.79. The van der Waals surface area contributed by atoms with Crippen LogP contribution in [0.3, 0.4) is 0 Å².